The fraction of sp³-hybridized carbons (Fsp3) is 0.909. The molecule has 1 aliphatic carbocycles. The first-order valence-corrected chi connectivity index (χ1v) is 5.19. The van der Waals surface area contributed by atoms with Gasteiger partial charge < -0.3 is 5.32 Å². The molecule has 0 aromatic rings. The van der Waals surface area contributed by atoms with Crippen molar-refractivity contribution in [2.24, 2.45) is 17.8 Å². The lowest BCUT2D eigenvalue weighted by atomic mass is 10.1. The van der Waals surface area contributed by atoms with E-state index in [9.17, 15) is 4.79 Å². The number of rotatable bonds is 2. The van der Waals surface area contributed by atoms with Crippen LogP contribution >= 0.6 is 0 Å². The average molecular weight is 183 g/mol. The Morgan fingerprint density at radius 2 is 1.92 bits per heavy atom. The van der Waals surface area contributed by atoms with Crippen molar-refractivity contribution in [3.8, 4) is 0 Å². The van der Waals surface area contributed by atoms with Crippen molar-refractivity contribution in [1.82, 2.24) is 5.32 Å². The van der Waals surface area contributed by atoms with Gasteiger partial charge in [-0.25, -0.2) is 0 Å². The summed E-state index contributed by atoms with van der Waals surface area (Å²) >= 11 is 0. The number of hydrogen-bond acceptors (Lipinski definition) is 1. The van der Waals surface area contributed by atoms with Gasteiger partial charge in [0.2, 0.25) is 5.91 Å². The van der Waals surface area contributed by atoms with Crippen molar-refractivity contribution in [1.29, 1.82) is 0 Å². The zero-order valence-electron chi connectivity index (χ0n) is 9.35. The van der Waals surface area contributed by atoms with Gasteiger partial charge >= 0.3 is 0 Å². The highest BCUT2D eigenvalue weighted by molar-refractivity contribution is 5.82. The first-order chi connectivity index (χ1) is 5.87. The SMILES string of the molecule is CC[C@@H]1[C@@H](C)[C@H]1C(=O)NC(C)(C)C. The Morgan fingerprint density at radius 3 is 2.23 bits per heavy atom. The fourth-order valence-electron chi connectivity index (χ4n) is 2.06. The topological polar surface area (TPSA) is 29.1 Å². The highest BCUT2D eigenvalue weighted by atomic mass is 16.2. The first-order valence-electron chi connectivity index (χ1n) is 5.19. The number of carbonyl (C=O) groups is 1. The molecule has 76 valence electrons. The number of carbonyl (C=O) groups excluding carboxylic acids is 1. The Balaban J connectivity index is 2.43. The summed E-state index contributed by atoms with van der Waals surface area (Å²) < 4.78 is 0. The molecule has 0 aromatic carbocycles. The lowest BCUT2D eigenvalue weighted by Crippen LogP contribution is -2.41. The van der Waals surface area contributed by atoms with Crippen molar-refractivity contribution in [3.05, 3.63) is 0 Å². The van der Waals surface area contributed by atoms with Gasteiger partial charge in [-0.2, -0.15) is 0 Å². The van der Waals surface area contributed by atoms with Gasteiger partial charge in [-0.05, 0) is 32.6 Å². The monoisotopic (exact) mass is 183 g/mol. The van der Waals surface area contributed by atoms with E-state index in [4.69, 9.17) is 0 Å². The zero-order chi connectivity index (χ0) is 10.2. The maximum atomic E-state index is 11.7. The van der Waals surface area contributed by atoms with Gasteiger partial charge in [0.1, 0.15) is 0 Å². The predicted octanol–water partition coefficient (Wildman–Crippen LogP) is 2.19. The van der Waals surface area contributed by atoms with Gasteiger partial charge in [0.15, 0.2) is 0 Å². The molecule has 3 atom stereocenters. The smallest absolute Gasteiger partial charge is 0.224 e. The Hall–Kier alpha value is -0.530. The van der Waals surface area contributed by atoms with Crippen molar-refractivity contribution in [2.75, 3.05) is 0 Å². The molecule has 1 amide bonds. The summed E-state index contributed by atoms with van der Waals surface area (Å²) in [5.74, 6) is 1.74. The quantitative estimate of drug-likeness (QED) is 0.698. The average Bonchev–Trinajstić information content (AvgIpc) is 2.57. The molecule has 1 N–H and O–H groups in total. The molecule has 0 saturated heterocycles. The second-order valence-corrected chi connectivity index (χ2v) is 5.20. The standard InChI is InChI=1S/C11H21NO/c1-6-8-7(2)9(8)10(13)12-11(3,4)5/h7-9H,6H2,1-5H3,(H,12,13)/t7-,8-,9-/m1/s1. The molecule has 0 bridgehead atoms. The van der Waals surface area contributed by atoms with E-state index in [1.165, 1.54) is 0 Å². The van der Waals surface area contributed by atoms with Crippen molar-refractivity contribution < 1.29 is 4.79 Å². The summed E-state index contributed by atoms with van der Waals surface area (Å²) in [7, 11) is 0. The summed E-state index contributed by atoms with van der Waals surface area (Å²) in [5, 5.41) is 3.04. The maximum absolute atomic E-state index is 11.7. The van der Waals surface area contributed by atoms with Crippen LogP contribution in [0.15, 0.2) is 0 Å². The third-order valence-electron chi connectivity index (χ3n) is 2.83. The van der Waals surface area contributed by atoms with Crippen LogP contribution in [0.5, 0.6) is 0 Å². The van der Waals surface area contributed by atoms with Crippen LogP contribution in [0.3, 0.4) is 0 Å². The molecule has 1 aliphatic rings. The fourth-order valence-corrected chi connectivity index (χ4v) is 2.06. The molecule has 1 rings (SSSR count). The van der Waals surface area contributed by atoms with Gasteiger partial charge in [-0.3, -0.25) is 4.79 Å². The molecule has 0 spiro atoms. The van der Waals surface area contributed by atoms with E-state index < -0.39 is 0 Å². The van der Waals surface area contributed by atoms with Crippen LogP contribution in [-0.2, 0) is 4.79 Å². The molecule has 2 heteroatoms. The molecule has 0 aromatic heterocycles. The minimum Gasteiger partial charge on any atom is -0.351 e. The van der Waals surface area contributed by atoms with Crippen molar-refractivity contribution >= 4 is 5.91 Å². The number of amides is 1. The number of hydrogen-bond donors (Lipinski definition) is 1. The second-order valence-electron chi connectivity index (χ2n) is 5.20. The molecule has 0 radical (unpaired) electrons. The third kappa shape index (κ3) is 2.45. The Kier molecular flexibility index (Phi) is 2.69. The highest BCUT2D eigenvalue weighted by Gasteiger charge is 2.50. The van der Waals surface area contributed by atoms with Crippen LogP contribution in [0.2, 0.25) is 0 Å². The summed E-state index contributed by atoms with van der Waals surface area (Å²) in [4.78, 5) is 11.7. The Labute approximate surface area is 81.1 Å². The van der Waals surface area contributed by atoms with Crippen molar-refractivity contribution in [3.63, 3.8) is 0 Å². The molecule has 1 saturated carbocycles. The second kappa shape index (κ2) is 3.32. The number of nitrogens with one attached hydrogen (secondary N) is 1. The third-order valence-corrected chi connectivity index (χ3v) is 2.83. The van der Waals surface area contributed by atoms with Crippen LogP contribution in [-0.4, -0.2) is 11.4 Å². The van der Waals surface area contributed by atoms with Gasteiger partial charge in [0.05, 0.1) is 0 Å². The van der Waals surface area contributed by atoms with E-state index in [0.717, 1.165) is 6.42 Å². The molecule has 0 heterocycles. The molecule has 0 aliphatic heterocycles. The molecule has 0 unspecified atom stereocenters. The maximum Gasteiger partial charge on any atom is 0.224 e. The van der Waals surface area contributed by atoms with Gasteiger partial charge in [-0.1, -0.05) is 20.3 Å². The predicted molar refractivity (Wildman–Crippen MR) is 54.3 cm³/mol. The van der Waals surface area contributed by atoms with E-state index in [0.29, 0.717) is 11.8 Å². The molecular weight excluding hydrogens is 162 g/mol. The summed E-state index contributed by atoms with van der Waals surface area (Å²) in [6, 6.07) is 0. The van der Waals surface area contributed by atoms with Gasteiger partial charge in [0.25, 0.3) is 0 Å². The van der Waals surface area contributed by atoms with Crippen LogP contribution < -0.4 is 5.32 Å². The van der Waals surface area contributed by atoms with Crippen LogP contribution in [0.1, 0.15) is 41.0 Å². The van der Waals surface area contributed by atoms with Crippen LogP contribution in [0.4, 0.5) is 0 Å². The largest absolute Gasteiger partial charge is 0.351 e. The molecule has 1 fully saturated rings. The molecule has 13 heavy (non-hydrogen) atoms. The van der Waals surface area contributed by atoms with Crippen molar-refractivity contribution in [2.45, 2.75) is 46.6 Å². The summed E-state index contributed by atoms with van der Waals surface area (Å²) in [6.45, 7) is 10.4. The van der Waals surface area contributed by atoms with E-state index in [-0.39, 0.29) is 17.4 Å². The highest BCUT2D eigenvalue weighted by Crippen LogP contribution is 2.48. The van der Waals surface area contributed by atoms with E-state index >= 15 is 0 Å². The van der Waals surface area contributed by atoms with Crippen LogP contribution in [0.25, 0.3) is 0 Å². The van der Waals surface area contributed by atoms with E-state index in [2.05, 4.69) is 19.2 Å². The van der Waals surface area contributed by atoms with Crippen LogP contribution in [0, 0.1) is 17.8 Å². The lowest BCUT2D eigenvalue weighted by Gasteiger charge is -2.20. The minimum atomic E-state index is -0.0856. The van der Waals surface area contributed by atoms with E-state index in [1.807, 2.05) is 20.8 Å². The first kappa shape index (κ1) is 10.6. The molecule has 2 nitrogen and oxygen atoms in total. The Bertz CT molecular complexity index is 205. The van der Waals surface area contributed by atoms with E-state index in [1.54, 1.807) is 0 Å². The minimum absolute atomic E-state index is 0.0856. The zero-order valence-corrected chi connectivity index (χ0v) is 9.35. The Morgan fingerprint density at radius 1 is 1.38 bits per heavy atom. The van der Waals surface area contributed by atoms with Gasteiger partial charge in [0, 0.05) is 11.5 Å². The molecular formula is C11H21NO. The van der Waals surface area contributed by atoms with Gasteiger partial charge in [-0.15, -0.1) is 0 Å². The summed E-state index contributed by atoms with van der Waals surface area (Å²) in [6.07, 6.45) is 1.13. The normalized spacial score (nSPS) is 32.8. The lowest BCUT2D eigenvalue weighted by molar-refractivity contribution is -0.124. The summed E-state index contributed by atoms with van der Waals surface area (Å²) in [5.41, 5.74) is -0.0856.